The largest absolute Gasteiger partial charge is 0.384 e. The number of aromatic nitrogens is 1. The summed E-state index contributed by atoms with van der Waals surface area (Å²) in [6.07, 6.45) is 4.65. The molecule has 1 amide bonds. The van der Waals surface area contributed by atoms with Crippen LogP contribution in [0.15, 0.2) is 18.3 Å². The molecule has 0 saturated carbocycles. The maximum atomic E-state index is 12.7. The van der Waals surface area contributed by atoms with Gasteiger partial charge in [0.05, 0.1) is 5.56 Å². The lowest BCUT2D eigenvalue weighted by atomic mass is 10.1. The Kier molecular flexibility index (Phi) is 4.75. The lowest BCUT2D eigenvalue weighted by molar-refractivity contribution is 0.0670. The highest BCUT2D eigenvalue weighted by atomic mass is 16.2. The Morgan fingerprint density at radius 2 is 2.35 bits per heavy atom. The molecule has 0 spiro atoms. The molecule has 1 aliphatic heterocycles. The van der Waals surface area contributed by atoms with Crippen LogP contribution in [0.3, 0.4) is 0 Å². The topological polar surface area (TPSA) is 53.4 Å². The molecule has 2 atom stereocenters. The van der Waals surface area contributed by atoms with Crippen molar-refractivity contribution >= 4 is 5.91 Å². The molecule has 4 heteroatoms. The van der Waals surface area contributed by atoms with Crippen LogP contribution in [0, 0.1) is 11.8 Å². The first-order chi connectivity index (χ1) is 9.69. The Balaban J connectivity index is 2.33. The molecule has 20 heavy (non-hydrogen) atoms. The van der Waals surface area contributed by atoms with Gasteiger partial charge in [0.2, 0.25) is 0 Å². The minimum absolute atomic E-state index is 0.0512. The summed E-state index contributed by atoms with van der Waals surface area (Å²) in [4.78, 5) is 18.9. The predicted octanol–water partition coefficient (Wildman–Crippen LogP) is 1.83. The van der Waals surface area contributed by atoms with Gasteiger partial charge < -0.3 is 10.0 Å². The lowest BCUT2D eigenvalue weighted by Gasteiger charge is -2.27. The van der Waals surface area contributed by atoms with Gasteiger partial charge in [-0.15, -0.1) is 0 Å². The average Bonchev–Trinajstić information content (AvgIpc) is 2.85. The molecule has 0 bridgehead atoms. The van der Waals surface area contributed by atoms with E-state index in [2.05, 4.69) is 30.7 Å². The SMILES string of the molecule is CCC1CCC(C)N1C(=O)c1ncccc1C#CCO. The van der Waals surface area contributed by atoms with Crippen LogP contribution in [0.5, 0.6) is 0 Å². The number of carbonyl (C=O) groups excluding carboxylic acids is 1. The van der Waals surface area contributed by atoms with Crippen LogP contribution >= 0.6 is 0 Å². The van der Waals surface area contributed by atoms with Gasteiger partial charge in [-0.2, -0.15) is 0 Å². The molecule has 2 rings (SSSR count). The third-order valence-corrected chi connectivity index (χ3v) is 3.80. The summed E-state index contributed by atoms with van der Waals surface area (Å²) in [5.41, 5.74) is 0.973. The van der Waals surface area contributed by atoms with E-state index in [0.717, 1.165) is 19.3 Å². The summed E-state index contributed by atoms with van der Waals surface area (Å²) >= 11 is 0. The van der Waals surface area contributed by atoms with Crippen molar-refractivity contribution in [3.8, 4) is 11.8 Å². The standard InChI is InChI=1S/C16H20N2O2/c1-3-14-9-8-12(2)18(14)16(20)15-13(7-5-11-19)6-4-10-17-15/h4,6,10,12,14,19H,3,8-9,11H2,1-2H3. The number of hydrogen-bond acceptors (Lipinski definition) is 3. The maximum absolute atomic E-state index is 12.7. The van der Waals surface area contributed by atoms with Crippen LogP contribution in [-0.2, 0) is 0 Å². The normalized spacial score (nSPS) is 21.4. The van der Waals surface area contributed by atoms with Crippen molar-refractivity contribution in [2.75, 3.05) is 6.61 Å². The monoisotopic (exact) mass is 272 g/mol. The minimum Gasteiger partial charge on any atom is -0.384 e. The number of carbonyl (C=O) groups is 1. The summed E-state index contributed by atoms with van der Waals surface area (Å²) in [6, 6.07) is 4.05. The molecular weight excluding hydrogens is 252 g/mol. The highest BCUT2D eigenvalue weighted by Crippen LogP contribution is 2.27. The van der Waals surface area contributed by atoms with Crippen LogP contribution in [0.2, 0.25) is 0 Å². The van der Waals surface area contributed by atoms with Crippen molar-refractivity contribution in [2.24, 2.45) is 0 Å². The zero-order chi connectivity index (χ0) is 14.5. The second-order valence-electron chi connectivity index (χ2n) is 5.06. The van der Waals surface area contributed by atoms with Crippen LogP contribution in [-0.4, -0.2) is 39.6 Å². The lowest BCUT2D eigenvalue weighted by Crippen LogP contribution is -2.40. The molecular formula is C16H20N2O2. The number of amides is 1. The summed E-state index contributed by atoms with van der Waals surface area (Å²) < 4.78 is 0. The molecule has 1 aromatic heterocycles. The van der Waals surface area contributed by atoms with Gasteiger partial charge in [-0.25, -0.2) is 4.98 Å². The average molecular weight is 272 g/mol. The molecule has 2 heterocycles. The predicted molar refractivity (Wildman–Crippen MR) is 77.1 cm³/mol. The molecule has 0 radical (unpaired) electrons. The van der Waals surface area contributed by atoms with Gasteiger partial charge in [0.1, 0.15) is 12.3 Å². The summed E-state index contributed by atoms with van der Waals surface area (Å²) in [6.45, 7) is 3.96. The zero-order valence-electron chi connectivity index (χ0n) is 12.0. The zero-order valence-corrected chi connectivity index (χ0v) is 12.0. The van der Waals surface area contributed by atoms with Gasteiger partial charge in [0, 0.05) is 18.3 Å². The summed E-state index contributed by atoms with van der Waals surface area (Å²) in [5.74, 6) is 5.34. The Morgan fingerprint density at radius 3 is 3.05 bits per heavy atom. The third-order valence-electron chi connectivity index (χ3n) is 3.80. The van der Waals surface area contributed by atoms with E-state index in [1.54, 1.807) is 18.3 Å². The van der Waals surface area contributed by atoms with Gasteiger partial charge in [-0.3, -0.25) is 4.79 Å². The second kappa shape index (κ2) is 6.53. The van der Waals surface area contributed by atoms with Gasteiger partial charge >= 0.3 is 0 Å². The van der Waals surface area contributed by atoms with Crippen molar-refractivity contribution in [3.05, 3.63) is 29.6 Å². The smallest absolute Gasteiger partial charge is 0.274 e. The number of nitrogens with zero attached hydrogens (tertiary/aromatic N) is 2. The number of aliphatic hydroxyl groups excluding tert-OH is 1. The third kappa shape index (κ3) is 2.83. The van der Waals surface area contributed by atoms with Gasteiger partial charge in [-0.05, 0) is 38.3 Å². The minimum atomic E-state index is -0.222. The Labute approximate surface area is 119 Å². The van der Waals surface area contributed by atoms with E-state index in [1.807, 2.05) is 4.90 Å². The Hall–Kier alpha value is -1.86. The maximum Gasteiger partial charge on any atom is 0.274 e. The molecule has 1 aromatic rings. The molecule has 2 unspecified atom stereocenters. The summed E-state index contributed by atoms with van der Waals surface area (Å²) in [5, 5.41) is 8.80. The van der Waals surface area contributed by atoms with Crippen molar-refractivity contribution in [1.82, 2.24) is 9.88 Å². The van der Waals surface area contributed by atoms with Crippen molar-refractivity contribution < 1.29 is 9.90 Å². The highest BCUT2D eigenvalue weighted by Gasteiger charge is 2.34. The fourth-order valence-electron chi connectivity index (χ4n) is 2.77. The van der Waals surface area contributed by atoms with Gasteiger partial charge in [0.15, 0.2) is 0 Å². The summed E-state index contributed by atoms with van der Waals surface area (Å²) in [7, 11) is 0. The number of pyridine rings is 1. The van der Waals surface area contributed by atoms with E-state index >= 15 is 0 Å². The molecule has 1 aliphatic rings. The fourth-order valence-corrected chi connectivity index (χ4v) is 2.77. The fraction of sp³-hybridized carbons (Fsp3) is 0.500. The molecule has 0 aromatic carbocycles. The van der Waals surface area contributed by atoms with Crippen LogP contribution in [0.1, 0.15) is 49.2 Å². The number of aliphatic hydroxyl groups is 1. The highest BCUT2D eigenvalue weighted by molar-refractivity contribution is 5.95. The first-order valence-corrected chi connectivity index (χ1v) is 7.06. The van der Waals surface area contributed by atoms with Crippen molar-refractivity contribution in [1.29, 1.82) is 0 Å². The molecule has 4 nitrogen and oxygen atoms in total. The van der Waals surface area contributed by atoms with Crippen molar-refractivity contribution in [2.45, 2.75) is 45.2 Å². The van der Waals surface area contributed by atoms with Gasteiger partial charge in [-0.1, -0.05) is 18.8 Å². The molecule has 0 aliphatic carbocycles. The van der Waals surface area contributed by atoms with Crippen LogP contribution in [0.25, 0.3) is 0 Å². The van der Waals surface area contributed by atoms with Crippen molar-refractivity contribution in [3.63, 3.8) is 0 Å². The number of likely N-dealkylation sites (tertiary alicyclic amines) is 1. The molecule has 1 saturated heterocycles. The van der Waals surface area contributed by atoms with Crippen LogP contribution < -0.4 is 0 Å². The first kappa shape index (κ1) is 14.5. The second-order valence-corrected chi connectivity index (χ2v) is 5.06. The van der Waals surface area contributed by atoms with E-state index in [-0.39, 0.29) is 24.6 Å². The number of hydrogen-bond donors (Lipinski definition) is 1. The van der Waals surface area contributed by atoms with Crippen LogP contribution in [0.4, 0.5) is 0 Å². The van der Waals surface area contributed by atoms with E-state index < -0.39 is 0 Å². The Morgan fingerprint density at radius 1 is 1.55 bits per heavy atom. The van der Waals surface area contributed by atoms with Gasteiger partial charge in [0.25, 0.3) is 5.91 Å². The molecule has 1 fully saturated rings. The van der Waals surface area contributed by atoms with E-state index in [4.69, 9.17) is 5.11 Å². The quantitative estimate of drug-likeness (QED) is 0.836. The molecule has 106 valence electrons. The van der Waals surface area contributed by atoms with E-state index in [0.29, 0.717) is 11.3 Å². The molecule has 1 N–H and O–H groups in total. The van der Waals surface area contributed by atoms with E-state index in [1.165, 1.54) is 0 Å². The Bertz CT molecular complexity index is 545. The number of rotatable bonds is 2. The van der Waals surface area contributed by atoms with E-state index in [9.17, 15) is 4.79 Å². The first-order valence-electron chi connectivity index (χ1n) is 7.06.